The molecular weight excluding hydrogens is 312 g/mol. The Bertz CT molecular complexity index is 660. The van der Waals surface area contributed by atoms with Crippen LogP contribution in [0, 0.1) is 11.8 Å². The number of carbonyl (C=O) groups excluding carboxylic acids is 1. The molecule has 1 aromatic rings. The largest absolute Gasteiger partial charge is 0.352 e. The first-order valence-electron chi connectivity index (χ1n) is 8.20. The molecule has 1 N–H and O–H groups in total. The molecule has 2 bridgehead atoms. The molecular formula is C17H24N2O3S. The Kier molecular flexibility index (Phi) is 4.73. The highest BCUT2D eigenvalue weighted by molar-refractivity contribution is 7.88. The second-order valence-corrected chi connectivity index (χ2v) is 8.85. The standard InChI is InChI=1S/C17H24N2O3S/c1-23(21,22)19(11-13-5-3-2-4-6-13)12-17(20)18-16-10-14-7-8-15(16)9-14/h2-6,14-16H,7-12H2,1H3,(H,18,20)/t14-,15-,16+/m0/s1. The van der Waals surface area contributed by atoms with Crippen molar-refractivity contribution in [3.8, 4) is 0 Å². The van der Waals surface area contributed by atoms with E-state index in [0.29, 0.717) is 5.92 Å². The van der Waals surface area contributed by atoms with Crippen LogP contribution >= 0.6 is 0 Å². The molecule has 2 saturated carbocycles. The van der Waals surface area contributed by atoms with Crippen molar-refractivity contribution in [3.63, 3.8) is 0 Å². The van der Waals surface area contributed by atoms with Gasteiger partial charge in [-0.25, -0.2) is 8.42 Å². The first-order chi connectivity index (χ1) is 10.9. The first-order valence-corrected chi connectivity index (χ1v) is 10.0. The third-order valence-electron chi connectivity index (χ3n) is 5.08. The summed E-state index contributed by atoms with van der Waals surface area (Å²) < 4.78 is 25.2. The van der Waals surface area contributed by atoms with Crippen LogP contribution in [-0.2, 0) is 21.4 Å². The van der Waals surface area contributed by atoms with E-state index in [4.69, 9.17) is 0 Å². The Balaban J connectivity index is 1.61. The van der Waals surface area contributed by atoms with Gasteiger partial charge >= 0.3 is 0 Å². The molecule has 0 spiro atoms. The quantitative estimate of drug-likeness (QED) is 0.861. The maximum Gasteiger partial charge on any atom is 0.235 e. The van der Waals surface area contributed by atoms with E-state index in [2.05, 4.69) is 5.32 Å². The predicted molar refractivity (Wildman–Crippen MR) is 89.1 cm³/mol. The molecule has 126 valence electrons. The summed E-state index contributed by atoms with van der Waals surface area (Å²) in [5, 5.41) is 3.05. The second-order valence-electron chi connectivity index (χ2n) is 6.87. The lowest BCUT2D eigenvalue weighted by Crippen LogP contribution is -2.45. The highest BCUT2D eigenvalue weighted by Crippen LogP contribution is 2.44. The van der Waals surface area contributed by atoms with Crippen molar-refractivity contribution in [3.05, 3.63) is 35.9 Å². The molecule has 0 saturated heterocycles. The molecule has 0 aromatic heterocycles. The SMILES string of the molecule is CS(=O)(=O)N(CC(=O)N[C@@H]1C[C@H]2CC[C@H]1C2)Cc1ccccc1. The summed E-state index contributed by atoms with van der Waals surface area (Å²) in [7, 11) is -3.43. The summed E-state index contributed by atoms with van der Waals surface area (Å²) in [5.41, 5.74) is 0.880. The van der Waals surface area contributed by atoms with Crippen molar-refractivity contribution in [2.45, 2.75) is 38.3 Å². The number of amides is 1. The molecule has 0 heterocycles. The summed E-state index contributed by atoms with van der Waals surface area (Å²) in [4.78, 5) is 12.3. The van der Waals surface area contributed by atoms with E-state index in [-0.39, 0.29) is 25.0 Å². The Morgan fingerprint density at radius 1 is 1.22 bits per heavy atom. The Labute approximate surface area is 138 Å². The molecule has 1 aromatic carbocycles. The number of rotatable bonds is 6. The molecule has 0 radical (unpaired) electrons. The monoisotopic (exact) mass is 336 g/mol. The zero-order valence-electron chi connectivity index (χ0n) is 13.4. The number of sulfonamides is 1. The fraction of sp³-hybridized carbons (Fsp3) is 0.588. The zero-order chi connectivity index (χ0) is 16.4. The molecule has 2 aliphatic carbocycles. The van der Waals surface area contributed by atoms with Gasteiger partial charge in [-0.15, -0.1) is 0 Å². The summed E-state index contributed by atoms with van der Waals surface area (Å²) in [6.45, 7) is 0.116. The highest BCUT2D eigenvalue weighted by Gasteiger charge is 2.40. The molecule has 3 rings (SSSR count). The topological polar surface area (TPSA) is 66.5 Å². The fourth-order valence-corrected chi connectivity index (χ4v) is 4.65. The van der Waals surface area contributed by atoms with Crippen molar-refractivity contribution in [1.29, 1.82) is 0 Å². The maximum atomic E-state index is 12.3. The van der Waals surface area contributed by atoms with Crippen LogP contribution in [0.15, 0.2) is 30.3 Å². The molecule has 0 unspecified atom stereocenters. The molecule has 5 nitrogen and oxygen atoms in total. The molecule has 3 atom stereocenters. The van der Waals surface area contributed by atoms with E-state index in [1.165, 1.54) is 23.6 Å². The average Bonchev–Trinajstić information content (AvgIpc) is 3.09. The van der Waals surface area contributed by atoms with Gasteiger partial charge in [-0.05, 0) is 36.7 Å². The molecule has 0 aliphatic heterocycles. The average molecular weight is 336 g/mol. The third-order valence-corrected chi connectivity index (χ3v) is 6.27. The number of nitrogens with one attached hydrogen (secondary N) is 1. The Morgan fingerprint density at radius 2 is 1.96 bits per heavy atom. The van der Waals surface area contributed by atoms with Crippen molar-refractivity contribution in [1.82, 2.24) is 9.62 Å². The molecule has 1 amide bonds. The van der Waals surface area contributed by atoms with Gasteiger partial charge in [0.15, 0.2) is 0 Å². The van der Waals surface area contributed by atoms with E-state index in [1.54, 1.807) is 0 Å². The third kappa shape index (κ3) is 4.12. The van der Waals surface area contributed by atoms with Crippen LogP contribution in [0.2, 0.25) is 0 Å². The van der Waals surface area contributed by atoms with Gasteiger partial charge < -0.3 is 5.32 Å². The second kappa shape index (κ2) is 6.61. The lowest BCUT2D eigenvalue weighted by atomic mass is 9.95. The fourth-order valence-electron chi connectivity index (χ4n) is 3.91. The van der Waals surface area contributed by atoms with Gasteiger partial charge in [-0.2, -0.15) is 4.31 Å². The van der Waals surface area contributed by atoms with Gasteiger partial charge in [-0.1, -0.05) is 36.8 Å². The van der Waals surface area contributed by atoms with Crippen molar-refractivity contribution >= 4 is 15.9 Å². The summed E-state index contributed by atoms with van der Waals surface area (Å²) in [6.07, 6.45) is 5.88. The maximum absolute atomic E-state index is 12.3. The van der Waals surface area contributed by atoms with Crippen LogP contribution in [0.1, 0.15) is 31.2 Å². The van der Waals surface area contributed by atoms with Crippen LogP contribution < -0.4 is 5.32 Å². The minimum Gasteiger partial charge on any atom is -0.352 e. The summed E-state index contributed by atoms with van der Waals surface area (Å²) >= 11 is 0. The number of carbonyl (C=O) groups is 1. The summed E-state index contributed by atoms with van der Waals surface area (Å²) in [6, 6.07) is 9.59. The van der Waals surface area contributed by atoms with Crippen molar-refractivity contribution in [2.75, 3.05) is 12.8 Å². The van der Waals surface area contributed by atoms with E-state index >= 15 is 0 Å². The lowest BCUT2D eigenvalue weighted by molar-refractivity contribution is -0.122. The minimum atomic E-state index is -3.43. The smallest absolute Gasteiger partial charge is 0.235 e. The molecule has 23 heavy (non-hydrogen) atoms. The number of fused-ring (bicyclic) bond motifs is 2. The van der Waals surface area contributed by atoms with E-state index in [0.717, 1.165) is 24.2 Å². The number of nitrogens with zero attached hydrogens (tertiary/aromatic N) is 1. The normalized spacial score (nSPS) is 26.6. The van der Waals surface area contributed by atoms with Gasteiger partial charge in [0, 0.05) is 12.6 Å². The van der Waals surface area contributed by atoms with Gasteiger partial charge in [0.1, 0.15) is 0 Å². The van der Waals surface area contributed by atoms with Gasteiger partial charge in [0.2, 0.25) is 15.9 Å². The minimum absolute atomic E-state index is 0.110. The van der Waals surface area contributed by atoms with Crippen molar-refractivity contribution < 1.29 is 13.2 Å². The van der Waals surface area contributed by atoms with Crippen LogP contribution in [0.4, 0.5) is 0 Å². The van der Waals surface area contributed by atoms with Crippen LogP contribution in [0.3, 0.4) is 0 Å². The predicted octanol–water partition coefficient (Wildman–Crippen LogP) is 1.75. The number of hydrogen-bond donors (Lipinski definition) is 1. The Morgan fingerprint density at radius 3 is 2.52 bits per heavy atom. The molecule has 2 fully saturated rings. The Hall–Kier alpha value is -1.40. The van der Waals surface area contributed by atoms with Crippen LogP contribution in [0.5, 0.6) is 0 Å². The van der Waals surface area contributed by atoms with Crippen LogP contribution in [-0.4, -0.2) is 37.5 Å². The molecule has 6 heteroatoms. The van der Waals surface area contributed by atoms with E-state index in [1.807, 2.05) is 30.3 Å². The first kappa shape index (κ1) is 16.5. The van der Waals surface area contributed by atoms with Gasteiger partial charge in [-0.3, -0.25) is 4.79 Å². The number of benzene rings is 1. The summed E-state index contributed by atoms with van der Waals surface area (Å²) in [5.74, 6) is 1.15. The van der Waals surface area contributed by atoms with Gasteiger partial charge in [0.05, 0.1) is 12.8 Å². The number of hydrogen-bond acceptors (Lipinski definition) is 3. The lowest BCUT2D eigenvalue weighted by Gasteiger charge is -2.25. The highest BCUT2D eigenvalue weighted by atomic mass is 32.2. The van der Waals surface area contributed by atoms with Crippen LogP contribution in [0.25, 0.3) is 0 Å². The van der Waals surface area contributed by atoms with E-state index in [9.17, 15) is 13.2 Å². The van der Waals surface area contributed by atoms with E-state index < -0.39 is 10.0 Å². The van der Waals surface area contributed by atoms with Crippen molar-refractivity contribution in [2.24, 2.45) is 11.8 Å². The molecule has 2 aliphatic rings. The van der Waals surface area contributed by atoms with Gasteiger partial charge in [0.25, 0.3) is 0 Å². The zero-order valence-corrected chi connectivity index (χ0v) is 14.3.